The Morgan fingerprint density at radius 3 is 2.69 bits per heavy atom. The highest BCUT2D eigenvalue weighted by atomic mass is 32.2. The molecule has 0 aromatic heterocycles. The maximum atomic E-state index is 8.46. The van der Waals surface area contributed by atoms with Crippen molar-refractivity contribution in [1.29, 1.82) is 0 Å². The van der Waals surface area contributed by atoms with Gasteiger partial charge < -0.3 is 15.4 Å². The lowest BCUT2D eigenvalue weighted by molar-refractivity contribution is 0.342. The zero-order chi connectivity index (χ0) is 9.94. The molecule has 0 aliphatic rings. The highest BCUT2D eigenvalue weighted by molar-refractivity contribution is 7.93. The van der Waals surface area contributed by atoms with E-state index in [0.717, 1.165) is 43.5 Å². The zero-order valence-electron chi connectivity index (χ0n) is 7.85. The number of hydrogen-bond donors (Lipinski definition) is 3. The first kappa shape index (κ1) is 13.0. The van der Waals surface area contributed by atoms with Crippen LogP contribution in [0.3, 0.4) is 0 Å². The van der Waals surface area contributed by atoms with Gasteiger partial charge in [-0.2, -0.15) is 0 Å². The molecule has 0 amide bonds. The van der Waals surface area contributed by atoms with Crippen LogP contribution in [-0.4, -0.2) is 28.1 Å². The Hall–Kier alpha value is -0.0300. The van der Waals surface area contributed by atoms with E-state index in [-0.39, 0.29) is 12.6 Å². The normalized spacial score (nSPS) is 13.8. The van der Waals surface area contributed by atoms with Crippen LogP contribution in [0, 0.1) is 0 Å². The van der Waals surface area contributed by atoms with Gasteiger partial charge in [0, 0.05) is 11.8 Å². The Kier molecular flexibility index (Phi) is 10.0. The average Bonchev–Trinajstić information content (AvgIpc) is 2.13. The van der Waals surface area contributed by atoms with Gasteiger partial charge in [0.25, 0.3) is 0 Å². The molecule has 0 saturated carbocycles. The smallest absolute Gasteiger partial charge is 0.0612 e. The van der Waals surface area contributed by atoms with Gasteiger partial charge in [-0.1, -0.05) is 12.2 Å². The third kappa shape index (κ3) is 9.89. The molecule has 0 spiro atoms. The lowest BCUT2D eigenvalue weighted by Crippen LogP contribution is -2.19. The monoisotopic (exact) mass is 205 g/mol. The van der Waals surface area contributed by atoms with E-state index in [1.807, 2.05) is 6.08 Å². The van der Waals surface area contributed by atoms with E-state index >= 15 is 0 Å². The molecule has 0 fully saturated rings. The lowest BCUT2D eigenvalue weighted by atomic mass is 10.1. The van der Waals surface area contributed by atoms with Gasteiger partial charge in [-0.25, -0.2) is 0 Å². The molecule has 1 atom stereocenters. The summed E-state index contributed by atoms with van der Waals surface area (Å²) in [6.07, 6.45) is 7.48. The van der Waals surface area contributed by atoms with Crippen molar-refractivity contribution in [3.8, 4) is 0 Å². The molecule has 0 heterocycles. The molecule has 0 unspecified atom stereocenters. The van der Waals surface area contributed by atoms with Crippen molar-refractivity contribution in [2.75, 3.05) is 12.4 Å². The van der Waals surface area contributed by atoms with E-state index < -0.39 is 0 Å². The Bertz CT molecular complexity index is 131. The fourth-order valence-electron chi connectivity index (χ4n) is 1.06. The molecule has 0 radical (unpaired) electrons. The third-order valence-electron chi connectivity index (χ3n) is 1.79. The molecule has 0 aliphatic heterocycles. The average molecular weight is 205 g/mol. The van der Waals surface area contributed by atoms with E-state index in [4.69, 9.17) is 15.4 Å². The molecule has 78 valence electrons. The van der Waals surface area contributed by atoms with E-state index in [0.29, 0.717) is 0 Å². The molecular formula is C9H19NO2S. The number of rotatable bonds is 8. The molecule has 13 heavy (non-hydrogen) atoms. The van der Waals surface area contributed by atoms with Crippen molar-refractivity contribution in [2.24, 2.45) is 5.73 Å². The van der Waals surface area contributed by atoms with Crippen LogP contribution in [0.15, 0.2) is 12.2 Å². The van der Waals surface area contributed by atoms with Crippen LogP contribution in [0.1, 0.15) is 25.7 Å². The molecule has 4 N–H and O–H groups in total. The van der Waals surface area contributed by atoms with E-state index in [1.165, 1.54) is 0 Å². The molecule has 0 saturated heterocycles. The van der Waals surface area contributed by atoms with Crippen molar-refractivity contribution >= 4 is 12.0 Å². The second-order valence-electron chi connectivity index (χ2n) is 2.97. The summed E-state index contributed by atoms with van der Waals surface area (Å²) < 4.78 is 8.46. The second-order valence-corrected chi connectivity index (χ2v) is 3.63. The van der Waals surface area contributed by atoms with Crippen molar-refractivity contribution in [2.45, 2.75) is 31.7 Å². The van der Waals surface area contributed by atoms with Crippen molar-refractivity contribution in [3.63, 3.8) is 0 Å². The van der Waals surface area contributed by atoms with Crippen LogP contribution in [0.25, 0.3) is 0 Å². The first-order chi connectivity index (χ1) is 6.31. The minimum atomic E-state index is 0.108. The molecule has 0 aromatic rings. The molecule has 0 aromatic carbocycles. The fourth-order valence-corrected chi connectivity index (χ4v) is 1.35. The molecule has 0 aliphatic carbocycles. The van der Waals surface area contributed by atoms with Crippen LogP contribution in [0.4, 0.5) is 0 Å². The van der Waals surface area contributed by atoms with Crippen molar-refractivity contribution < 1.29 is 9.66 Å². The van der Waals surface area contributed by atoms with Crippen LogP contribution in [-0.2, 0) is 0 Å². The number of aliphatic hydroxyl groups is 1. The number of allylic oxidation sites excluding steroid dienone is 1. The standard InChI is InChI=1S/C9H19NO2S/c10-9(6-4-8-13-12)5-2-1-3-7-11/h1,3,9,11-12H,2,4-8,10H2/b3-1+/t9-/m0/s1. The van der Waals surface area contributed by atoms with Gasteiger partial charge in [0.05, 0.1) is 6.61 Å². The largest absolute Gasteiger partial charge is 0.392 e. The molecule has 0 bridgehead atoms. The molecule has 0 rings (SSSR count). The van der Waals surface area contributed by atoms with Crippen molar-refractivity contribution in [1.82, 2.24) is 0 Å². The van der Waals surface area contributed by atoms with Gasteiger partial charge >= 0.3 is 0 Å². The van der Waals surface area contributed by atoms with E-state index in [1.54, 1.807) is 6.08 Å². The van der Waals surface area contributed by atoms with E-state index in [2.05, 4.69) is 0 Å². The fraction of sp³-hybridized carbons (Fsp3) is 0.778. The predicted octanol–water partition coefficient (Wildman–Crippen LogP) is 1.63. The summed E-state index contributed by atoms with van der Waals surface area (Å²) in [4.78, 5) is 0. The Morgan fingerprint density at radius 1 is 1.31 bits per heavy atom. The Labute approximate surface area is 84.2 Å². The number of hydrogen-bond acceptors (Lipinski definition) is 4. The first-order valence-corrected chi connectivity index (χ1v) is 5.53. The van der Waals surface area contributed by atoms with Crippen LogP contribution >= 0.6 is 12.0 Å². The Balaban J connectivity index is 3.19. The summed E-state index contributed by atoms with van der Waals surface area (Å²) in [5, 5.41) is 8.46. The van der Waals surface area contributed by atoms with Crippen molar-refractivity contribution in [3.05, 3.63) is 12.2 Å². The summed E-state index contributed by atoms with van der Waals surface area (Å²) in [5.74, 6) is 0.764. The Morgan fingerprint density at radius 2 is 2.08 bits per heavy atom. The van der Waals surface area contributed by atoms with Gasteiger partial charge in [0.2, 0.25) is 0 Å². The lowest BCUT2D eigenvalue weighted by Gasteiger charge is -2.08. The van der Waals surface area contributed by atoms with Crippen LogP contribution in [0.2, 0.25) is 0 Å². The maximum Gasteiger partial charge on any atom is 0.0612 e. The molecule has 4 heteroatoms. The summed E-state index contributed by atoms with van der Waals surface area (Å²) in [6, 6.07) is 0.218. The zero-order valence-corrected chi connectivity index (χ0v) is 8.67. The number of aliphatic hydroxyl groups excluding tert-OH is 1. The summed E-state index contributed by atoms with van der Waals surface area (Å²) in [5.41, 5.74) is 5.81. The summed E-state index contributed by atoms with van der Waals surface area (Å²) in [6.45, 7) is 0.108. The maximum absolute atomic E-state index is 8.46. The quantitative estimate of drug-likeness (QED) is 0.320. The van der Waals surface area contributed by atoms with Gasteiger partial charge in [-0.05, 0) is 37.7 Å². The highest BCUT2D eigenvalue weighted by Gasteiger charge is 2.00. The highest BCUT2D eigenvalue weighted by Crippen LogP contribution is 2.05. The van der Waals surface area contributed by atoms with Gasteiger partial charge in [0.15, 0.2) is 0 Å². The van der Waals surface area contributed by atoms with Gasteiger partial charge in [-0.15, -0.1) is 0 Å². The summed E-state index contributed by atoms with van der Waals surface area (Å²) >= 11 is 0.873. The number of nitrogens with two attached hydrogens (primary N) is 1. The predicted molar refractivity (Wildman–Crippen MR) is 57.8 cm³/mol. The first-order valence-electron chi connectivity index (χ1n) is 4.59. The minimum absolute atomic E-state index is 0.108. The van der Waals surface area contributed by atoms with Gasteiger partial charge in [-0.3, -0.25) is 0 Å². The SMILES string of the molecule is N[C@@H](CC/C=C/CO)CCCSO. The summed E-state index contributed by atoms with van der Waals surface area (Å²) in [7, 11) is 0. The van der Waals surface area contributed by atoms with Crippen LogP contribution in [0.5, 0.6) is 0 Å². The third-order valence-corrected chi connectivity index (χ3v) is 2.26. The van der Waals surface area contributed by atoms with E-state index in [9.17, 15) is 0 Å². The minimum Gasteiger partial charge on any atom is -0.392 e. The van der Waals surface area contributed by atoms with Crippen LogP contribution < -0.4 is 5.73 Å². The van der Waals surface area contributed by atoms with Gasteiger partial charge in [0.1, 0.15) is 0 Å². The molecule has 3 nitrogen and oxygen atoms in total. The second kappa shape index (κ2) is 10.1. The molecular weight excluding hydrogens is 186 g/mol. The topological polar surface area (TPSA) is 66.5 Å².